The minimum absolute atomic E-state index is 0.217. The van der Waals surface area contributed by atoms with E-state index < -0.39 is 0 Å². The van der Waals surface area contributed by atoms with Crippen LogP contribution in [0.4, 0.5) is 0 Å². The Kier molecular flexibility index (Phi) is 15.0. The van der Waals surface area contributed by atoms with Gasteiger partial charge in [-0.05, 0) is 37.4 Å². The maximum atomic E-state index is 5.64. The molecule has 1 aromatic heterocycles. The number of aromatic nitrogens is 2. The highest BCUT2D eigenvalue weighted by Crippen LogP contribution is 2.00. The molecule has 1 rings (SSSR count). The van der Waals surface area contributed by atoms with Gasteiger partial charge in [0.2, 0.25) is 5.28 Å². The van der Waals surface area contributed by atoms with Gasteiger partial charge in [-0.2, -0.15) is 0 Å². The lowest BCUT2D eigenvalue weighted by molar-refractivity contribution is 1.15. The fraction of sp³-hybridized carbons (Fsp3) is 0.375. The zero-order valence-corrected chi connectivity index (χ0v) is 13.4. The van der Waals surface area contributed by atoms with Crippen molar-refractivity contribution in [3.8, 4) is 11.8 Å². The second-order valence-corrected chi connectivity index (χ2v) is 3.04. The molecule has 0 radical (unpaired) electrons. The predicted molar refractivity (Wildman–Crippen MR) is 85.2 cm³/mol. The quantitative estimate of drug-likeness (QED) is 0.408. The van der Waals surface area contributed by atoms with Crippen LogP contribution >= 0.6 is 11.6 Å². The molecular formula is C16H23ClN2. The van der Waals surface area contributed by atoms with Gasteiger partial charge in [0, 0.05) is 11.8 Å². The summed E-state index contributed by atoms with van der Waals surface area (Å²) >= 11 is 5.64. The third-order valence-corrected chi connectivity index (χ3v) is 1.80. The highest BCUT2D eigenvalue weighted by atomic mass is 35.5. The lowest BCUT2D eigenvalue weighted by atomic mass is 10.2. The topological polar surface area (TPSA) is 25.8 Å². The minimum Gasteiger partial charge on any atom is -0.226 e. The summed E-state index contributed by atoms with van der Waals surface area (Å²) in [5, 5.41) is 0.217. The molecule has 0 bridgehead atoms. The van der Waals surface area contributed by atoms with Crippen LogP contribution in [0.15, 0.2) is 36.1 Å². The number of hydrogen-bond donors (Lipinski definition) is 0. The maximum Gasteiger partial charge on any atom is 0.223 e. The largest absolute Gasteiger partial charge is 0.226 e. The third kappa shape index (κ3) is 10.1. The highest BCUT2D eigenvalue weighted by molar-refractivity contribution is 6.28. The van der Waals surface area contributed by atoms with Crippen LogP contribution in [0, 0.1) is 11.8 Å². The predicted octanol–water partition coefficient (Wildman–Crippen LogP) is 5.06. The monoisotopic (exact) mass is 278 g/mol. The van der Waals surface area contributed by atoms with E-state index in [9.17, 15) is 0 Å². The van der Waals surface area contributed by atoms with Crippen LogP contribution in [0.2, 0.25) is 5.28 Å². The molecule has 1 heterocycles. The van der Waals surface area contributed by atoms with Gasteiger partial charge in [-0.25, -0.2) is 9.97 Å². The number of rotatable bonds is 1. The molecule has 0 N–H and O–H groups in total. The molecule has 0 fully saturated rings. The molecule has 0 saturated carbocycles. The Hall–Kier alpha value is -1.59. The molecule has 19 heavy (non-hydrogen) atoms. The summed E-state index contributed by atoms with van der Waals surface area (Å²) in [5.74, 6) is 5.91. The summed E-state index contributed by atoms with van der Waals surface area (Å²) in [6.45, 7) is 11.9. The normalized spacial score (nSPS) is 9.53. The second kappa shape index (κ2) is 14.5. The van der Waals surface area contributed by atoms with E-state index in [1.807, 2.05) is 59.8 Å². The molecule has 3 heteroatoms. The van der Waals surface area contributed by atoms with Crippen LogP contribution in [-0.4, -0.2) is 9.97 Å². The molecule has 0 aliphatic heterocycles. The van der Waals surface area contributed by atoms with Gasteiger partial charge in [0.25, 0.3) is 0 Å². The zero-order valence-electron chi connectivity index (χ0n) is 12.7. The van der Waals surface area contributed by atoms with Crippen molar-refractivity contribution in [2.75, 3.05) is 0 Å². The molecule has 0 aliphatic rings. The molecule has 0 aromatic carbocycles. The van der Waals surface area contributed by atoms with E-state index in [4.69, 9.17) is 11.6 Å². The van der Waals surface area contributed by atoms with Crippen LogP contribution in [-0.2, 0) is 0 Å². The van der Waals surface area contributed by atoms with Gasteiger partial charge in [-0.15, -0.1) is 0 Å². The molecular weight excluding hydrogens is 256 g/mol. The fourth-order valence-corrected chi connectivity index (χ4v) is 1.08. The van der Waals surface area contributed by atoms with E-state index >= 15 is 0 Å². The molecule has 0 spiro atoms. The van der Waals surface area contributed by atoms with Crippen molar-refractivity contribution in [1.29, 1.82) is 0 Å². The lowest BCUT2D eigenvalue weighted by Gasteiger charge is -1.89. The van der Waals surface area contributed by atoms with Crippen molar-refractivity contribution < 1.29 is 0 Å². The Morgan fingerprint density at radius 1 is 1.21 bits per heavy atom. The SMILES string of the molecule is C/C=C\C(C#Cc1ccnc(Cl)n1)=C/C.CC.CC. The second-order valence-electron chi connectivity index (χ2n) is 2.70. The first-order chi connectivity index (χ1) is 9.26. The van der Waals surface area contributed by atoms with Gasteiger partial charge in [0.1, 0.15) is 5.69 Å². The first kappa shape index (κ1) is 19.7. The maximum absolute atomic E-state index is 5.64. The standard InChI is InChI=1S/C12H11ClN2.2C2H6/c1-3-5-10(4-2)6-7-11-8-9-14-12(13)15-11;2*1-2/h3-5,8-9H,1-2H3;2*1-2H3/b5-3-,10-4+;;. The van der Waals surface area contributed by atoms with Crippen molar-refractivity contribution in [2.45, 2.75) is 41.5 Å². The van der Waals surface area contributed by atoms with Gasteiger partial charge in [-0.1, -0.05) is 51.8 Å². The van der Waals surface area contributed by atoms with Crippen LogP contribution in [0.1, 0.15) is 47.2 Å². The van der Waals surface area contributed by atoms with Gasteiger partial charge < -0.3 is 0 Å². The minimum atomic E-state index is 0.217. The molecule has 0 atom stereocenters. The Labute approximate surface area is 122 Å². The summed E-state index contributed by atoms with van der Waals surface area (Å²) in [5.41, 5.74) is 1.58. The summed E-state index contributed by atoms with van der Waals surface area (Å²) in [4.78, 5) is 7.75. The Balaban J connectivity index is 0. The van der Waals surface area contributed by atoms with Crippen LogP contribution in [0.5, 0.6) is 0 Å². The summed E-state index contributed by atoms with van der Waals surface area (Å²) in [7, 11) is 0. The molecule has 104 valence electrons. The first-order valence-corrected chi connectivity index (χ1v) is 6.93. The molecule has 0 amide bonds. The van der Waals surface area contributed by atoms with Crippen LogP contribution < -0.4 is 0 Å². The van der Waals surface area contributed by atoms with E-state index in [1.165, 1.54) is 0 Å². The first-order valence-electron chi connectivity index (χ1n) is 6.56. The molecule has 1 aromatic rings. The van der Waals surface area contributed by atoms with Crippen LogP contribution in [0.3, 0.4) is 0 Å². The van der Waals surface area contributed by atoms with Crippen molar-refractivity contribution in [3.05, 3.63) is 47.0 Å². The number of allylic oxidation sites excluding steroid dienone is 4. The van der Waals surface area contributed by atoms with E-state index in [-0.39, 0.29) is 5.28 Å². The van der Waals surface area contributed by atoms with E-state index in [1.54, 1.807) is 12.3 Å². The van der Waals surface area contributed by atoms with Crippen molar-refractivity contribution in [1.82, 2.24) is 9.97 Å². The van der Waals surface area contributed by atoms with Crippen LogP contribution in [0.25, 0.3) is 0 Å². The smallest absolute Gasteiger partial charge is 0.223 e. The van der Waals surface area contributed by atoms with Gasteiger partial charge in [0.15, 0.2) is 0 Å². The van der Waals surface area contributed by atoms with E-state index in [2.05, 4.69) is 21.8 Å². The number of hydrogen-bond acceptors (Lipinski definition) is 2. The summed E-state index contributed by atoms with van der Waals surface area (Å²) < 4.78 is 0. The molecule has 0 aliphatic carbocycles. The lowest BCUT2D eigenvalue weighted by Crippen LogP contribution is -1.85. The molecule has 2 nitrogen and oxygen atoms in total. The van der Waals surface area contributed by atoms with Gasteiger partial charge in [-0.3, -0.25) is 0 Å². The Bertz CT molecular complexity index is 451. The number of nitrogens with zero attached hydrogens (tertiary/aromatic N) is 2. The highest BCUT2D eigenvalue weighted by Gasteiger charge is 1.91. The zero-order chi connectivity index (χ0) is 15.1. The van der Waals surface area contributed by atoms with Crippen molar-refractivity contribution in [3.63, 3.8) is 0 Å². The Morgan fingerprint density at radius 3 is 2.32 bits per heavy atom. The van der Waals surface area contributed by atoms with Gasteiger partial charge >= 0.3 is 0 Å². The third-order valence-electron chi connectivity index (χ3n) is 1.62. The molecule has 0 unspecified atom stereocenters. The van der Waals surface area contributed by atoms with E-state index in [0.29, 0.717) is 5.69 Å². The average Bonchev–Trinajstić information content (AvgIpc) is 2.48. The summed E-state index contributed by atoms with van der Waals surface area (Å²) in [6, 6.07) is 1.72. The number of halogens is 1. The summed E-state index contributed by atoms with van der Waals surface area (Å²) in [6.07, 6.45) is 7.41. The Morgan fingerprint density at radius 2 is 1.84 bits per heavy atom. The van der Waals surface area contributed by atoms with E-state index in [0.717, 1.165) is 5.57 Å². The van der Waals surface area contributed by atoms with Gasteiger partial charge in [0.05, 0.1) is 0 Å². The van der Waals surface area contributed by atoms with Crippen molar-refractivity contribution in [2.24, 2.45) is 0 Å². The molecule has 0 saturated heterocycles. The van der Waals surface area contributed by atoms with Crippen molar-refractivity contribution >= 4 is 11.6 Å². The average molecular weight is 279 g/mol. The fourth-order valence-electron chi connectivity index (χ4n) is 0.930.